The number of nitrogens with zero attached hydrogens (tertiary/aromatic N) is 2. The summed E-state index contributed by atoms with van der Waals surface area (Å²) in [4.78, 5) is 4.57. The van der Waals surface area contributed by atoms with Crippen molar-refractivity contribution in [2.75, 3.05) is 37.6 Å². The Bertz CT molecular complexity index is 677. The highest BCUT2D eigenvalue weighted by Gasteiger charge is 2.17. The van der Waals surface area contributed by atoms with E-state index in [4.69, 9.17) is 23.2 Å². The van der Waals surface area contributed by atoms with Gasteiger partial charge in [-0.2, -0.15) is 0 Å². The fraction of sp³-hybridized carbons (Fsp3) is 0.455. The molecule has 1 N–H and O–H groups in total. The smallest absolute Gasteiger partial charge is 0.0964 e. The number of benzene rings is 2. The molecule has 0 bridgehead atoms. The van der Waals surface area contributed by atoms with Crippen LogP contribution in [0.15, 0.2) is 48.5 Å². The van der Waals surface area contributed by atoms with E-state index >= 15 is 0 Å². The van der Waals surface area contributed by atoms with Crippen LogP contribution < -0.4 is 4.90 Å². The number of aliphatic hydroxyl groups is 1. The van der Waals surface area contributed by atoms with E-state index in [2.05, 4.69) is 23.6 Å². The Balaban J connectivity index is 2.07. The molecular formula is C22H30Cl2N2O. The summed E-state index contributed by atoms with van der Waals surface area (Å²) in [7, 11) is 0. The molecule has 0 radical (unpaired) electrons. The maximum atomic E-state index is 10.7. The van der Waals surface area contributed by atoms with Gasteiger partial charge in [0.1, 0.15) is 0 Å². The highest BCUT2D eigenvalue weighted by molar-refractivity contribution is 6.35. The maximum Gasteiger partial charge on any atom is 0.0964 e. The zero-order chi connectivity index (χ0) is 19.6. The van der Waals surface area contributed by atoms with Gasteiger partial charge in [0, 0.05) is 18.1 Å². The van der Waals surface area contributed by atoms with Crippen LogP contribution >= 0.6 is 23.2 Å². The Hall–Kier alpha value is -1.26. The predicted molar refractivity (Wildman–Crippen MR) is 117 cm³/mol. The number of rotatable bonds is 11. The molecule has 1 atom stereocenters. The minimum absolute atomic E-state index is 0.481. The van der Waals surface area contributed by atoms with Gasteiger partial charge < -0.3 is 14.9 Å². The molecule has 2 rings (SSSR count). The summed E-state index contributed by atoms with van der Waals surface area (Å²) in [5.41, 5.74) is 1.78. The summed E-state index contributed by atoms with van der Waals surface area (Å²) in [6, 6.07) is 15.2. The van der Waals surface area contributed by atoms with Gasteiger partial charge in [0.25, 0.3) is 0 Å². The van der Waals surface area contributed by atoms with E-state index < -0.39 is 6.10 Å². The van der Waals surface area contributed by atoms with Gasteiger partial charge in [-0.3, -0.25) is 0 Å². The molecule has 0 aliphatic rings. The van der Waals surface area contributed by atoms with Gasteiger partial charge in [-0.15, -0.1) is 0 Å². The molecule has 2 aromatic rings. The minimum atomic E-state index is -0.580. The van der Waals surface area contributed by atoms with Gasteiger partial charge in [0.2, 0.25) is 0 Å². The molecule has 0 aromatic heterocycles. The average Bonchev–Trinajstić information content (AvgIpc) is 2.69. The Kier molecular flexibility index (Phi) is 9.43. The van der Waals surface area contributed by atoms with Crippen LogP contribution in [-0.4, -0.2) is 42.7 Å². The first-order chi connectivity index (χ1) is 13.0. The lowest BCUT2D eigenvalue weighted by Gasteiger charge is -2.29. The lowest BCUT2D eigenvalue weighted by molar-refractivity contribution is 0.183. The quantitative estimate of drug-likeness (QED) is 0.486. The fourth-order valence-electron chi connectivity index (χ4n) is 3.21. The van der Waals surface area contributed by atoms with Crippen molar-refractivity contribution in [3.63, 3.8) is 0 Å². The van der Waals surface area contributed by atoms with Crippen LogP contribution in [0.4, 0.5) is 5.69 Å². The summed E-state index contributed by atoms with van der Waals surface area (Å²) in [5.74, 6) is 0. The third kappa shape index (κ3) is 7.00. The number of hydrogen-bond acceptors (Lipinski definition) is 3. The monoisotopic (exact) mass is 408 g/mol. The first-order valence-electron chi connectivity index (χ1n) is 9.70. The molecule has 5 heteroatoms. The van der Waals surface area contributed by atoms with Crippen molar-refractivity contribution in [2.24, 2.45) is 0 Å². The third-order valence-corrected chi connectivity index (χ3v) is 5.43. The summed E-state index contributed by atoms with van der Waals surface area (Å²) in [6.07, 6.45) is 1.56. The first-order valence-corrected chi connectivity index (χ1v) is 10.5. The van der Waals surface area contributed by atoms with Crippen molar-refractivity contribution < 1.29 is 5.11 Å². The number of aliphatic hydroxyl groups excluding tert-OH is 1. The van der Waals surface area contributed by atoms with Gasteiger partial charge in [-0.1, -0.05) is 67.4 Å². The highest BCUT2D eigenvalue weighted by atomic mass is 35.5. The molecule has 0 saturated carbocycles. The Morgan fingerprint density at radius 3 is 2.26 bits per heavy atom. The van der Waals surface area contributed by atoms with Crippen LogP contribution in [0.1, 0.15) is 38.4 Å². The molecule has 3 nitrogen and oxygen atoms in total. The second-order valence-electron chi connectivity index (χ2n) is 6.70. The summed E-state index contributed by atoms with van der Waals surface area (Å²) in [5, 5.41) is 12.0. The molecule has 1 unspecified atom stereocenters. The largest absolute Gasteiger partial charge is 0.387 e. The van der Waals surface area contributed by atoms with E-state index in [0.717, 1.165) is 50.3 Å². The zero-order valence-electron chi connectivity index (χ0n) is 16.2. The second-order valence-corrected chi connectivity index (χ2v) is 7.55. The molecule has 27 heavy (non-hydrogen) atoms. The van der Waals surface area contributed by atoms with Crippen LogP contribution in [0.3, 0.4) is 0 Å². The van der Waals surface area contributed by atoms with Crippen molar-refractivity contribution in [1.29, 1.82) is 0 Å². The Morgan fingerprint density at radius 1 is 0.926 bits per heavy atom. The average molecular weight is 409 g/mol. The molecule has 0 aliphatic carbocycles. The van der Waals surface area contributed by atoms with Crippen molar-refractivity contribution in [1.82, 2.24) is 4.90 Å². The summed E-state index contributed by atoms with van der Waals surface area (Å²) >= 11 is 12.6. The molecule has 0 heterocycles. The molecule has 0 amide bonds. The maximum absolute atomic E-state index is 10.7. The normalized spacial score (nSPS) is 12.4. The lowest BCUT2D eigenvalue weighted by atomic mass is 10.1. The van der Waals surface area contributed by atoms with Crippen LogP contribution in [-0.2, 0) is 0 Å². The van der Waals surface area contributed by atoms with Crippen LogP contribution in [0.2, 0.25) is 10.0 Å². The molecule has 0 fully saturated rings. The van der Waals surface area contributed by atoms with Crippen molar-refractivity contribution >= 4 is 28.9 Å². The SMILES string of the molecule is CCN(CC)CCCCN(CC(O)c1ccccc1)c1cc(Cl)ccc1Cl. The number of hydrogen-bond donors (Lipinski definition) is 1. The summed E-state index contributed by atoms with van der Waals surface area (Å²) in [6.45, 7) is 8.93. The van der Waals surface area contributed by atoms with Crippen LogP contribution in [0.25, 0.3) is 0 Å². The van der Waals surface area contributed by atoms with Gasteiger partial charge in [0.05, 0.1) is 16.8 Å². The fourth-order valence-corrected chi connectivity index (χ4v) is 3.61. The van der Waals surface area contributed by atoms with E-state index in [1.165, 1.54) is 0 Å². The van der Waals surface area contributed by atoms with Gasteiger partial charge in [0.15, 0.2) is 0 Å². The van der Waals surface area contributed by atoms with E-state index in [1.54, 1.807) is 6.07 Å². The van der Waals surface area contributed by atoms with Crippen molar-refractivity contribution in [3.05, 3.63) is 64.1 Å². The van der Waals surface area contributed by atoms with Crippen molar-refractivity contribution in [2.45, 2.75) is 32.8 Å². The molecule has 148 valence electrons. The molecular weight excluding hydrogens is 379 g/mol. The number of anilines is 1. The van der Waals surface area contributed by atoms with E-state index in [0.29, 0.717) is 16.6 Å². The first kappa shape index (κ1) is 22.0. The molecule has 2 aromatic carbocycles. The zero-order valence-corrected chi connectivity index (χ0v) is 17.8. The number of halogens is 2. The molecule has 0 aliphatic heterocycles. The minimum Gasteiger partial charge on any atom is -0.387 e. The standard InChI is InChI=1S/C22H30Cl2N2O/c1-3-25(4-2)14-8-9-15-26(21-16-19(23)12-13-20(21)24)17-22(27)18-10-6-5-7-11-18/h5-7,10-13,16,22,27H,3-4,8-9,14-15,17H2,1-2H3. The van der Waals surface area contributed by atoms with E-state index in [9.17, 15) is 5.11 Å². The van der Waals surface area contributed by atoms with Crippen LogP contribution in [0.5, 0.6) is 0 Å². The van der Waals surface area contributed by atoms with E-state index in [-0.39, 0.29) is 0 Å². The summed E-state index contributed by atoms with van der Waals surface area (Å²) < 4.78 is 0. The number of unbranched alkanes of at least 4 members (excludes halogenated alkanes) is 1. The molecule has 0 saturated heterocycles. The van der Waals surface area contributed by atoms with Gasteiger partial charge in [-0.05, 0) is 56.2 Å². The van der Waals surface area contributed by atoms with Gasteiger partial charge >= 0.3 is 0 Å². The topological polar surface area (TPSA) is 26.7 Å². The second kappa shape index (κ2) is 11.6. The van der Waals surface area contributed by atoms with E-state index in [1.807, 2.05) is 42.5 Å². The Labute approximate surface area is 173 Å². The highest BCUT2D eigenvalue weighted by Crippen LogP contribution is 2.30. The van der Waals surface area contributed by atoms with Gasteiger partial charge in [-0.25, -0.2) is 0 Å². The Morgan fingerprint density at radius 2 is 1.59 bits per heavy atom. The van der Waals surface area contributed by atoms with Crippen LogP contribution in [0, 0.1) is 0 Å². The molecule has 0 spiro atoms. The predicted octanol–water partition coefficient (Wildman–Crippen LogP) is 5.66. The third-order valence-electron chi connectivity index (χ3n) is 4.87. The van der Waals surface area contributed by atoms with Crippen molar-refractivity contribution in [3.8, 4) is 0 Å². The lowest BCUT2D eigenvalue weighted by Crippen LogP contribution is -2.31.